The highest BCUT2D eigenvalue weighted by Gasteiger charge is 2.47. The van der Waals surface area contributed by atoms with E-state index in [-0.39, 0.29) is 17.0 Å². The zero-order valence-electron chi connectivity index (χ0n) is 17.8. The smallest absolute Gasteiger partial charge is 0.300 e. The first-order chi connectivity index (χ1) is 15.9. The van der Waals surface area contributed by atoms with Crippen molar-refractivity contribution in [1.29, 1.82) is 0 Å². The van der Waals surface area contributed by atoms with E-state index >= 15 is 0 Å². The monoisotopic (exact) mass is 449 g/mol. The maximum atomic E-state index is 14.0. The van der Waals surface area contributed by atoms with Gasteiger partial charge in [0.2, 0.25) is 0 Å². The van der Waals surface area contributed by atoms with Crippen molar-refractivity contribution >= 4 is 23.1 Å². The summed E-state index contributed by atoms with van der Waals surface area (Å²) in [5.41, 5.74) is 0.722. The van der Waals surface area contributed by atoms with E-state index in [2.05, 4.69) is 0 Å². The second-order valence-electron chi connectivity index (χ2n) is 7.55. The molecule has 3 aromatic carbocycles. The summed E-state index contributed by atoms with van der Waals surface area (Å²) >= 11 is 0. The molecule has 4 rings (SSSR count). The predicted octanol–water partition coefficient (Wildman–Crippen LogP) is 5.38. The first kappa shape index (κ1) is 22.2. The van der Waals surface area contributed by atoms with Gasteiger partial charge in [-0.25, -0.2) is 8.78 Å². The minimum Gasteiger partial charge on any atom is -0.507 e. The predicted molar refractivity (Wildman–Crippen MR) is 120 cm³/mol. The molecule has 1 atom stereocenters. The van der Waals surface area contributed by atoms with E-state index in [0.717, 1.165) is 23.5 Å². The van der Waals surface area contributed by atoms with Crippen molar-refractivity contribution in [3.05, 3.63) is 101 Å². The summed E-state index contributed by atoms with van der Waals surface area (Å²) in [5.74, 6) is -3.85. The van der Waals surface area contributed by atoms with Crippen LogP contribution in [0.2, 0.25) is 0 Å². The number of hydrogen-bond donors (Lipinski definition) is 1. The van der Waals surface area contributed by atoms with E-state index in [4.69, 9.17) is 4.74 Å². The molecule has 1 amide bonds. The van der Waals surface area contributed by atoms with Crippen molar-refractivity contribution in [2.45, 2.75) is 19.4 Å². The molecule has 1 unspecified atom stereocenters. The lowest BCUT2D eigenvalue weighted by molar-refractivity contribution is -0.132. The van der Waals surface area contributed by atoms with Crippen molar-refractivity contribution in [1.82, 2.24) is 0 Å². The van der Waals surface area contributed by atoms with E-state index in [0.29, 0.717) is 23.5 Å². The molecule has 0 radical (unpaired) electrons. The Morgan fingerprint density at radius 1 is 0.970 bits per heavy atom. The number of Topliss-reactive ketones (excluding diaryl/α,β-unsaturated/α-hetero) is 1. The van der Waals surface area contributed by atoms with E-state index in [9.17, 15) is 23.5 Å². The number of aliphatic hydroxyl groups excluding tert-OH is 1. The van der Waals surface area contributed by atoms with Gasteiger partial charge in [-0.2, -0.15) is 0 Å². The fourth-order valence-corrected chi connectivity index (χ4v) is 3.77. The zero-order valence-corrected chi connectivity index (χ0v) is 17.8. The molecule has 1 N–H and O–H groups in total. The number of halogens is 2. The summed E-state index contributed by atoms with van der Waals surface area (Å²) in [5, 5.41) is 11.1. The van der Waals surface area contributed by atoms with Gasteiger partial charge in [0.1, 0.15) is 11.5 Å². The number of ether oxygens (including phenoxy) is 1. The second-order valence-corrected chi connectivity index (χ2v) is 7.55. The van der Waals surface area contributed by atoms with Gasteiger partial charge in [0, 0.05) is 17.3 Å². The van der Waals surface area contributed by atoms with E-state index in [1.807, 2.05) is 6.92 Å². The number of benzene rings is 3. The number of aliphatic hydroxyl groups is 1. The third-order valence-electron chi connectivity index (χ3n) is 5.34. The highest BCUT2D eigenvalue weighted by molar-refractivity contribution is 6.51. The molecule has 0 aliphatic carbocycles. The molecule has 1 aliphatic rings. The Morgan fingerprint density at radius 3 is 2.30 bits per heavy atom. The average Bonchev–Trinajstić information content (AvgIpc) is 3.10. The number of rotatable bonds is 6. The van der Waals surface area contributed by atoms with Crippen LogP contribution in [0.1, 0.15) is 30.5 Å². The Kier molecular flexibility index (Phi) is 6.22. The molecule has 1 heterocycles. The Morgan fingerprint density at radius 2 is 1.67 bits per heavy atom. The maximum Gasteiger partial charge on any atom is 0.300 e. The van der Waals surface area contributed by atoms with Gasteiger partial charge in [-0.3, -0.25) is 14.5 Å². The molecule has 1 aliphatic heterocycles. The summed E-state index contributed by atoms with van der Waals surface area (Å²) in [6.45, 7) is 2.52. The number of carbonyl (C=O) groups excluding carboxylic acids is 2. The largest absolute Gasteiger partial charge is 0.507 e. The van der Waals surface area contributed by atoms with Gasteiger partial charge in [0.05, 0.1) is 18.2 Å². The second kappa shape index (κ2) is 9.24. The number of carbonyl (C=O) groups is 2. The molecular formula is C26H21F2NO4. The topological polar surface area (TPSA) is 66.8 Å². The van der Waals surface area contributed by atoms with Crippen molar-refractivity contribution in [2.24, 2.45) is 0 Å². The Labute approximate surface area is 189 Å². The van der Waals surface area contributed by atoms with E-state index < -0.39 is 29.4 Å². The molecule has 168 valence electrons. The van der Waals surface area contributed by atoms with E-state index in [1.54, 1.807) is 54.6 Å². The van der Waals surface area contributed by atoms with Crippen LogP contribution in [0, 0.1) is 11.6 Å². The van der Waals surface area contributed by atoms with Crippen LogP contribution in [0.3, 0.4) is 0 Å². The number of ketones is 1. The normalized spacial score (nSPS) is 17.4. The molecule has 0 bridgehead atoms. The number of amides is 1. The van der Waals surface area contributed by atoms with Gasteiger partial charge in [-0.15, -0.1) is 0 Å². The van der Waals surface area contributed by atoms with E-state index in [1.165, 1.54) is 6.07 Å². The van der Waals surface area contributed by atoms with Crippen LogP contribution >= 0.6 is 0 Å². The van der Waals surface area contributed by atoms with Crippen LogP contribution < -0.4 is 9.64 Å². The molecule has 1 fully saturated rings. The van der Waals surface area contributed by atoms with Crippen LogP contribution in [0.5, 0.6) is 5.75 Å². The summed E-state index contributed by atoms with van der Waals surface area (Å²) in [7, 11) is 0. The van der Waals surface area contributed by atoms with Crippen molar-refractivity contribution in [2.75, 3.05) is 11.5 Å². The third kappa shape index (κ3) is 4.22. The number of hydrogen-bond acceptors (Lipinski definition) is 4. The molecular weight excluding hydrogens is 428 g/mol. The van der Waals surface area contributed by atoms with Crippen LogP contribution in [0.15, 0.2) is 78.4 Å². The molecule has 0 aromatic heterocycles. The lowest BCUT2D eigenvalue weighted by Gasteiger charge is -2.25. The van der Waals surface area contributed by atoms with Gasteiger partial charge >= 0.3 is 0 Å². The van der Waals surface area contributed by atoms with Crippen molar-refractivity contribution < 1.29 is 28.2 Å². The van der Waals surface area contributed by atoms with Gasteiger partial charge < -0.3 is 9.84 Å². The number of nitrogens with zero attached hydrogens (tertiary/aromatic N) is 1. The highest BCUT2D eigenvalue weighted by Crippen LogP contribution is 2.42. The van der Waals surface area contributed by atoms with Gasteiger partial charge in [0.15, 0.2) is 11.6 Å². The lowest BCUT2D eigenvalue weighted by Crippen LogP contribution is -2.29. The zero-order chi connectivity index (χ0) is 23.5. The summed E-state index contributed by atoms with van der Waals surface area (Å²) in [6.07, 6.45) is 0.840. The maximum absolute atomic E-state index is 14.0. The fourth-order valence-electron chi connectivity index (χ4n) is 3.77. The van der Waals surface area contributed by atoms with Crippen LogP contribution in [0.4, 0.5) is 14.5 Å². The summed E-state index contributed by atoms with van der Waals surface area (Å²) in [6, 6.07) is 17.0. The van der Waals surface area contributed by atoms with Gasteiger partial charge in [0.25, 0.3) is 11.7 Å². The van der Waals surface area contributed by atoms with Crippen molar-refractivity contribution in [3.8, 4) is 5.75 Å². The van der Waals surface area contributed by atoms with Crippen LogP contribution in [-0.4, -0.2) is 23.4 Å². The number of anilines is 1. The first-order valence-electron chi connectivity index (χ1n) is 10.5. The molecule has 0 spiro atoms. The molecule has 5 nitrogen and oxygen atoms in total. The molecule has 33 heavy (non-hydrogen) atoms. The molecule has 1 saturated heterocycles. The Hall–Kier alpha value is -4.00. The lowest BCUT2D eigenvalue weighted by atomic mass is 9.95. The third-order valence-corrected chi connectivity index (χ3v) is 5.34. The van der Waals surface area contributed by atoms with Gasteiger partial charge in [-0.05, 0) is 48.4 Å². The Balaban J connectivity index is 1.84. The SMILES string of the molecule is CCCOc1ccc(/C(O)=C2\C(=O)C(=O)N(c3ccc(F)c(F)c3)C2c2ccccc2)cc1. The minimum atomic E-state index is -1.15. The molecule has 0 saturated carbocycles. The highest BCUT2D eigenvalue weighted by atomic mass is 19.2. The minimum absolute atomic E-state index is 0.00668. The van der Waals surface area contributed by atoms with Crippen LogP contribution in [-0.2, 0) is 9.59 Å². The quantitative estimate of drug-likeness (QED) is 0.312. The first-order valence-corrected chi connectivity index (χ1v) is 10.5. The Bertz CT molecular complexity index is 1220. The van der Waals surface area contributed by atoms with Crippen molar-refractivity contribution in [3.63, 3.8) is 0 Å². The fraction of sp³-hybridized carbons (Fsp3) is 0.154. The average molecular weight is 449 g/mol. The molecule has 7 heteroatoms. The van der Waals surface area contributed by atoms with Crippen LogP contribution in [0.25, 0.3) is 5.76 Å². The summed E-state index contributed by atoms with van der Waals surface area (Å²) < 4.78 is 33.0. The molecule has 3 aromatic rings. The summed E-state index contributed by atoms with van der Waals surface area (Å²) in [4.78, 5) is 27.1. The van der Waals surface area contributed by atoms with Gasteiger partial charge in [-0.1, -0.05) is 37.3 Å². The standard InChI is InChI=1S/C26H21F2NO4/c1-2-14-33-19-11-8-17(9-12-19)24(30)22-23(16-6-4-3-5-7-16)29(26(32)25(22)31)18-10-13-20(27)21(28)15-18/h3-13,15,23,30H,2,14H2,1H3/b24-22+.